The zero-order chi connectivity index (χ0) is 20.8. The monoisotopic (exact) mass is 394 g/mol. The van der Waals surface area contributed by atoms with Crippen molar-refractivity contribution in [2.24, 2.45) is 0 Å². The number of hydrogen-bond acceptors (Lipinski definition) is 7. The SMILES string of the molecule is [C-]#[N+]c1c(NCCc2cccc(CNCCO)n2)nc2c(CC)c(C)nn2c1N. The largest absolute Gasteiger partial charge is 0.395 e. The van der Waals surface area contributed by atoms with Crippen LogP contribution in [0.1, 0.15) is 29.6 Å². The lowest BCUT2D eigenvalue weighted by atomic mass is 10.2. The van der Waals surface area contributed by atoms with E-state index in [9.17, 15) is 0 Å². The van der Waals surface area contributed by atoms with E-state index in [0.29, 0.717) is 43.3 Å². The van der Waals surface area contributed by atoms with E-state index in [2.05, 4.69) is 30.5 Å². The standard InChI is InChI=1S/C20H26N8O/c1-4-16-13(2)27-28-18(21)17(22-3)19(26-20(16)28)24-9-8-14-6-5-7-15(25-14)12-23-10-11-29/h5-7,23,29H,4,8-12,21H2,1-2H3,(H,24,26). The molecule has 0 aromatic carbocycles. The zero-order valence-electron chi connectivity index (χ0n) is 16.7. The van der Waals surface area contributed by atoms with Gasteiger partial charge in [-0.15, -0.1) is 0 Å². The summed E-state index contributed by atoms with van der Waals surface area (Å²) in [6.07, 6.45) is 1.47. The van der Waals surface area contributed by atoms with Crippen molar-refractivity contribution < 1.29 is 5.11 Å². The molecule has 5 N–H and O–H groups in total. The number of nitrogens with zero attached hydrogens (tertiary/aromatic N) is 5. The maximum atomic E-state index is 8.85. The van der Waals surface area contributed by atoms with Crippen LogP contribution in [-0.4, -0.2) is 44.4 Å². The van der Waals surface area contributed by atoms with Crippen molar-refractivity contribution in [1.29, 1.82) is 0 Å². The first-order valence-corrected chi connectivity index (χ1v) is 9.64. The lowest BCUT2D eigenvalue weighted by molar-refractivity contribution is 0.291. The van der Waals surface area contributed by atoms with E-state index in [-0.39, 0.29) is 12.3 Å². The first kappa shape index (κ1) is 20.5. The highest BCUT2D eigenvalue weighted by molar-refractivity contribution is 5.80. The van der Waals surface area contributed by atoms with Gasteiger partial charge in [0.2, 0.25) is 0 Å². The fourth-order valence-electron chi connectivity index (χ4n) is 3.23. The summed E-state index contributed by atoms with van der Waals surface area (Å²) in [5.74, 6) is 0.769. The Morgan fingerprint density at radius 2 is 2.03 bits per heavy atom. The Morgan fingerprint density at radius 1 is 1.24 bits per heavy atom. The van der Waals surface area contributed by atoms with Gasteiger partial charge in [-0.3, -0.25) is 4.98 Å². The van der Waals surface area contributed by atoms with Gasteiger partial charge in [0, 0.05) is 37.3 Å². The predicted octanol–water partition coefficient (Wildman–Crippen LogP) is 1.86. The molecule has 9 heteroatoms. The first-order valence-electron chi connectivity index (χ1n) is 9.64. The summed E-state index contributed by atoms with van der Waals surface area (Å²) in [6, 6.07) is 5.88. The minimum atomic E-state index is 0.101. The summed E-state index contributed by atoms with van der Waals surface area (Å²) < 4.78 is 1.55. The molecule has 0 bridgehead atoms. The summed E-state index contributed by atoms with van der Waals surface area (Å²) in [6.45, 7) is 13.3. The molecule has 3 heterocycles. The molecule has 0 unspecified atom stereocenters. The predicted molar refractivity (Wildman–Crippen MR) is 113 cm³/mol. The molecule has 3 aromatic heterocycles. The van der Waals surface area contributed by atoms with Gasteiger partial charge in [-0.1, -0.05) is 13.0 Å². The van der Waals surface area contributed by atoms with Crippen LogP contribution in [0.25, 0.3) is 10.5 Å². The summed E-state index contributed by atoms with van der Waals surface area (Å²) in [7, 11) is 0. The van der Waals surface area contributed by atoms with Gasteiger partial charge in [0.1, 0.15) is 11.6 Å². The van der Waals surface area contributed by atoms with Crippen LogP contribution in [0.15, 0.2) is 18.2 Å². The van der Waals surface area contributed by atoms with Gasteiger partial charge in [-0.05, 0) is 25.5 Å². The van der Waals surface area contributed by atoms with Gasteiger partial charge in [-0.25, -0.2) is 14.3 Å². The maximum absolute atomic E-state index is 8.85. The Hall–Kier alpha value is -3.22. The summed E-state index contributed by atoms with van der Waals surface area (Å²) in [4.78, 5) is 12.8. The number of nitrogens with two attached hydrogens (primary N) is 1. The average molecular weight is 394 g/mol. The number of aliphatic hydroxyl groups excluding tert-OH is 1. The summed E-state index contributed by atoms with van der Waals surface area (Å²) in [5.41, 5.74) is 10.9. The Kier molecular flexibility index (Phi) is 6.59. The van der Waals surface area contributed by atoms with Crippen LogP contribution in [0.4, 0.5) is 17.3 Å². The Labute approximate surface area is 169 Å². The van der Waals surface area contributed by atoms with Gasteiger partial charge in [0.25, 0.3) is 5.69 Å². The van der Waals surface area contributed by atoms with Crippen molar-refractivity contribution in [2.75, 3.05) is 30.7 Å². The van der Waals surface area contributed by atoms with Crippen molar-refractivity contribution in [3.05, 3.63) is 52.3 Å². The van der Waals surface area contributed by atoms with E-state index in [4.69, 9.17) is 17.4 Å². The molecule has 3 aromatic rings. The summed E-state index contributed by atoms with van der Waals surface area (Å²) in [5, 5.41) is 19.6. The number of rotatable bonds is 9. The first-order chi connectivity index (χ1) is 14.1. The topological polar surface area (TPSA) is 118 Å². The molecule has 0 saturated heterocycles. The van der Waals surface area contributed by atoms with Crippen LogP contribution in [0.3, 0.4) is 0 Å². The minimum Gasteiger partial charge on any atom is -0.395 e. The van der Waals surface area contributed by atoms with E-state index in [1.54, 1.807) is 4.52 Å². The van der Waals surface area contributed by atoms with Crippen LogP contribution in [-0.2, 0) is 19.4 Å². The van der Waals surface area contributed by atoms with E-state index in [0.717, 1.165) is 29.1 Å². The number of pyridine rings is 1. The third-order valence-corrected chi connectivity index (χ3v) is 4.67. The third-order valence-electron chi connectivity index (χ3n) is 4.67. The van der Waals surface area contributed by atoms with Crippen LogP contribution < -0.4 is 16.4 Å². The van der Waals surface area contributed by atoms with Crippen molar-refractivity contribution in [2.45, 2.75) is 33.2 Å². The van der Waals surface area contributed by atoms with E-state index < -0.39 is 0 Å². The molecule has 0 spiro atoms. The van der Waals surface area contributed by atoms with Gasteiger partial charge in [0.05, 0.1) is 24.6 Å². The Balaban J connectivity index is 1.75. The van der Waals surface area contributed by atoms with Crippen LogP contribution in [0.2, 0.25) is 0 Å². The molecule has 0 saturated carbocycles. The molecule has 152 valence electrons. The molecule has 0 aliphatic carbocycles. The lowest BCUT2D eigenvalue weighted by Gasteiger charge is -2.11. The van der Waals surface area contributed by atoms with Gasteiger partial charge >= 0.3 is 0 Å². The normalized spacial score (nSPS) is 11.0. The number of nitrogens with one attached hydrogen (secondary N) is 2. The second-order valence-electron chi connectivity index (χ2n) is 6.66. The maximum Gasteiger partial charge on any atom is 0.268 e. The van der Waals surface area contributed by atoms with Crippen molar-refractivity contribution >= 4 is 23.0 Å². The van der Waals surface area contributed by atoms with Gasteiger partial charge in [0.15, 0.2) is 5.65 Å². The smallest absolute Gasteiger partial charge is 0.268 e. The van der Waals surface area contributed by atoms with Crippen LogP contribution in [0.5, 0.6) is 0 Å². The number of aliphatic hydroxyl groups is 1. The van der Waals surface area contributed by atoms with Crippen molar-refractivity contribution in [3.63, 3.8) is 0 Å². The van der Waals surface area contributed by atoms with Crippen LogP contribution >= 0.6 is 0 Å². The number of anilines is 2. The highest BCUT2D eigenvalue weighted by atomic mass is 16.3. The van der Waals surface area contributed by atoms with Crippen LogP contribution in [0, 0.1) is 13.5 Å². The van der Waals surface area contributed by atoms with E-state index in [1.165, 1.54) is 0 Å². The fourth-order valence-corrected chi connectivity index (χ4v) is 3.23. The van der Waals surface area contributed by atoms with Gasteiger partial charge < -0.3 is 21.5 Å². The van der Waals surface area contributed by atoms with E-state index >= 15 is 0 Å². The number of nitrogen functional groups attached to an aromatic ring is 1. The molecular formula is C20H26N8O. The highest BCUT2D eigenvalue weighted by Crippen LogP contribution is 2.32. The molecule has 9 nitrogen and oxygen atoms in total. The molecule has 0 atom stereocenters. The molecule has 0 aliphatic rings. The molecule has 29 heavy (non-hydrogen) atoms. The van der Waals surface area contributed by atoms with Crippen molar-refractivity contribution in [1.82, 2.24) is 24.9 Å². The number of fused-ring (bicyclic) bond motifs is 1. The quantitative estimate of drug-likeness (QED) is 0.323. The molecule has 0 fully saturated rings. The number of aromatic nitrogens is 4. The second kappa shape index (κ2) is 9.32. The zero-order valence-corrected chi connectivity index (χ0v) is 16.7. The summed E-state index contributed by atoms with van der Waals surface area (Å²) >= 11 is 0. The van der Waals surface area contributed by atoms with E-state index in [1.807, 2.05) is 32.0 Å². The van der Waals surface area contributed by atoms with Gasteiger partial charge in [-0.2, -0.15) is 5.10 Å². The average Bonchev–Trinajstić information content (AvgIpc) is 3.04. The highest BCUT2D eigenvalue weighted by Gasteiger charge is 2.18. The molecular weight excluding hydrogens is 368 g/mol. The molecule has 0 radical (unpaired) electrons. The molecule has 0 amide bonds. The van der Waals surface area contributed by atoms with Crippen molar-refractivity contribution in [3.8, 4) is 0 Å². The third kappa shape index (κ3) is 4.45. The minimum absolute atomic E-state index is 0.101. The lowest BCUT2D eigenvalue weighted by Crippen LogP contribution is -2.18. The Morgan fingerprint density at radius 3 is 2.76 bits per heavy atom. The number of hydrogen-bond donors (Lipinski definition) is 4. The fraction of sp³-hybridized carbons (Fsp3) is 0.400. The second-order valence-corrected chi connectivity index (χ2v) is 6.66. The Bertz CT molecular complexity index is 1040. The molecule has 0 aliphatic heterocycles. The molecule has 3 rings (SSSR count). The number of aryl methyl sites for hydroxylation is 2.